The molecule has 0 radical (unpaired) electrons. The van der Waals surface area contributed by atoms with Gasteiger partial charge in [-0.15, -0.1) is 11.8 Å². The first kappa shape index (κ1) is 13.5. The molecule has 100 valence electrons. The third-order valence-corrected chi connectivity index (χ3v) is 3.71. The fourth-order valence-electron chi connectivity index (χ4n) is 1.70. The van der Waals surface area contributed by atoms with Crippen LogP contribution in [0.3, 0.4) is 0 Å². The summed E-state index contributed by atoms with van der Waals surface area (Å²) < 4.78 is 6.97. The predicted octanol–water partition coefficient (Wildman–Crippen LogP) is 2.23. The highest BCUT2D eigenvalue weighted by atomic mass is 32.2. The summed E-state index contributed by atoms with van der Waals surface area (Å²) in [5.41, 5.74) is 6.41. The highest BCUT2D eigenvalue weighted by molar-refractivity contribution is 7.99. The fourth-order valence-corrected chi connectivity index (χ4v) is 2.66. The van der Waals surface area contributed by atoms with Gasteiger partial charge in [-0.3, -0.25) is 4.79 Å². The number of aromatic nitrogens is 1. The Morgan fingerprint density at radius 3 is 2.89 bits per heavy atom. The molecule has 0 fully saturated rings. The number of hydrogen-bond acceptors (Lipinski definition) is 4. The number of aryl methyl sites for hydroxylation is 1. The topological polar surface area (TPSA) is 57.2 Å². The third kappa shape index (κ3) is 3.54. The zero-order valence-electron chi connectivity index (χ0n) is 10.7. The molecule has 0 unspecified atom stereocenters. The first-order chi connectivity index (χ1) is 9.20. The van der Waals surface area contributed by atoms with E-state index in [4.69, 9.17) is 10.5 Å². The van der Waals surface area contributed by atoms with E-state index in [1.54, 1.807) is 47.8 Å². The van der Waals surface area contributed by atoms with E-state index in [0.717, 1.165) is 16.4 Å². The molecule has 0 bridgehead atoms. The molecular weight excluding hydrogens is 260 g/mol. The van der Waals surface area contributed by atoms with Gasteiger partial charge in [0.1, 0.15) is 5.75 Å². The Labute approximate surface area is 116 Å². The molecule has 1 aromatic heterocycles. The van der Waals surface area contributed by atoms with Gasteiger partial charge in [0.2, 0.25) is 0 Å². The van der Waals surface area contributed by atoms with Crippen LogP contribution in [0, 0.1) is 0 Å². The van der Waals surface area contributed by atoms with E-state index in [1.165, 1.54) is 0 Å². The molecule has 0 aliphatic carbocycles. The van der Waals surface area contributed by atoms with Gasteiger partial charge in [0.05, 0.1) is 7.11 Å². The molecule has 0 aliphatic rings. The maximum Gasteiger partial charge on any atom is 0.250 e. The Bertz CT molecular complexity index is 610. The van der Waals surface area contributed by atoms with E-state index in [-0.39, 0.29) is 5.56 Å². The highest BCUT2D eigenvalue weighted by Crippen LogP contribution is 2.30. The monoisotopic (exact) mass is 276 g/mol. The normalized spacial score (nSPS) is 10.4. The molecular formula is C14H16N2O2S. The maximum atomic E-state index is 11.5. The van der Waals surface area contributed by atoms with Crippen LogP contribution in [0.2, 0.25) is 0 Å². The number of pyridine rings is 1. The van der Waals surface area contributed by atoms with Crippen LogP contribution in [0.1, 0.15) is 0 Å². The molecule has 0 amide bonds. The van der Waals surface area contributed by atoms with Gasteiger partial charge < -0.3 is 15.0 Å². The Kier molecular flexibility index (Phi) is 4.52. The molecule has 2 N–H and O–H groups in total. The Hall–Kier alpha value is -1.88. The van der Waals surface area contributed by atoms with Crippen molar-refractivity contribution in [3.05, 3.63) is 52.9 Å². The number of rotatable bonds is 5. The second-order valence-corrected chi connectivity index (χ2v) is 5.13. The number of thioether (sulfide) groups is 1. The van der Waals surface area contributed by atoms with Crippen molar-refractivity contribution in [2.24, 2.45) is 0 Å². The lowest BCUT2D eigenvalue weighted by Gasteiger charge is -2.09. The van der Waals surface area contributed by atoms with Gasteiger partial charge >= 0.3 is 0 Å². The second kappa shape index (κ2) is 6.33. The third-order valence-electron chi connectivity index (χ3n) is 2.68. The van der Waals surface area contributed by atoms with Gasteiger partial charge in [0.25, 0.3) is 5.56 Å². The first-order valence-electron chi connectivity index (χ1n) is 5.92. The number of benzene rings is 1. The summed E-state index contributed by atoms with van der Waals surface area (Å²) in [7, 11) is 1.63. The van der Waals surface area contributed by atoms with E-state index in [1.807, 2.05) is 18.2 Å². The zero-order chi connectivity index (χ0) is 13.7. The molecule has 0 saturated carbocycles. The van der Waals surface area contributed by atoms with Crippen LogP contribution >= 0.6 is 11.8 Å². The fraction of sp³-hybridized carbons (Fsp3) is 0.214. The smallest absolute Gasteiger partial charge is 0.250 e. The Morgan fingerprint density at radius 1 is 1.32 bits per heavy atom. The Balaban J connectivity index is 2.00. The van der Waals surface area contributed by atoms with Crippen LogP contribution < -0.4 is 16.0 Å². The molecule has 1 heterocycles. The summed E-state index contributed by atoms with van der Waals surface area (Å²) in [4.78, 5) is 12.6. The summed E-state index contributed by atoms with van der Waals surface area (Å²) in [6.07, 6.45) is 1.79. The molecule has 0 spiro atoms. The minimum atomic E-state index is 0.0207. The van der Waals surface area contributed by atoms with E-state index < -0.39 is 0 Å². The molecule has 0 atom stereocenters. The lowest BCUT2D eigenvalue weighted by atomic mass is 10.3. The molecule has 0 aliphatic heterocycles. The summed E-state index contributed by atoms with van der Waals surface area (Å²) >= 11 is 1.64. The number of methoxy groups -OCH3 is 1. The summed E-state index contributed by atoms with van der Waals surface area (Å²) in [5, 5.41) is 0. The van der Waals surface area contributed by atoms with E-state index in [2.05, 4.69) is 0 Å². The van der Waals surface area contributed by atoms with Crippen molar-refractivity contribution in [3.8, 4) is 5.75 Å². The van der Waals surface area contributed by atoms with Crippen LogP contribution in [-0.4, -0.2) is 17.4 Å². The van der Waals surface area contributed by atoms with Crippen LogP contribution in [0.15, 0.2) is 52.3 Å². The predicted molar refractivity (Wildman–Crippen MR) is 78.8 cm³/mol. The minimum absolute atomic E-state index is 0.0207. The number of anilines is 1. The number of ether oxygens (including phenoxy) is 1. The molecule has 5 heteroatoms. The highest BCUT2D eigenvalue weighted by Gasteiger charge is 2.04. The molecule has 19 heavy (non-hydrogen) atoms. The van der Waals surface area contributed by atoms with Crippen molar-refractivity contribution >= 4 is 17.4 Å². The van der Waals surface area contributed by atoms with Gasteiger partial charge in [0, 0.05) is 41.2 Å². The molecule has 2 rings (SSSR count). The first-order valence-corrected chi connectivity index (χ1v) is 6.91. The largest absolute Gasteiger partial charge is 0.496 e. The number of nitrogens with zero attached hydrogens (tertiary/aromatic N) is 1. The molecule has 4 nitrogen and oxygen atoms in total. The lowest BCUT2D eigenvalue weighted by Crippen LogP contribution is -2.18. The standard InChI is InChI=1S/C14H16N2O2S/c1-18-12-10-11(15)5-6-13(12)19-9-8-16-7-3-2-4-14(16)17/h2-7,10H,8-9,15H2,1H3. The van der Waals surface area contributed by atoms with Crippen molar-refractivity contribution in [1.29, 1.82) is 0 Å². The molecule has 0 saturated heterocycles. The van der Waals surface area contributed by atoms with Crippen molar-refractivity contribution in [3.63, 3.8) is 0 Å². The lowest BCUT2D eigenvalue weighted by molar-refractivity contribution is 0.405. The average molecular weight is 276 g/mol. The van der Waals surface area contributed by atoms with E-state index >= 15 is 0 Å². The summed E-state index contributed by atoms with van der Waals surface area (Å²) in [5.74, 6) is 1.56. The van der Waals surface area contributed by atoms with Crippen LogP contribution in [0.4, 0.5) is 5.69 Å². The minimum Gasteiger partial charge on any atom is -0.496 e. The molecule has 2 aromatic rings. The van der Waals surface area contributed by atoms with Crippen molar-refractivity contribution in [1.82, 2.24) is 4.57 Å². The van der Waals surface area contributed by atoms with Gasteiger partial charge in [0.15, 0.2) is 0 Å². The van der Waals surface area contributed by atoms with Crippen molar-refractivity contribution < 1.29 is 4.74 Å². The van der Waals surface area contributed by atoms with Gasteiger partial charge in [-0.1, -0.05) is 6.07 Å². The zero-order valence-corrected chi connectivity index (χ0v) is 11.5. The summed E-state index contributed by atoms with van der Waals surface area (Å²) in [6.45, 7) is 0.665. The second-order valence-electron chi connectivity index (χ2n) is 3.99. The maximum absolute atomic E-state index is 11.5. The summed E-state index contributed by atoms with van der Waals surface area (Å²) in [6, 6.07) is 10.8. The van der Waals surface area contributed by atoms with Gasteiger partial charge in [-0.05, 0) is 18.2 Å². The number of hydrogen-bond donors (Lipinski definition) is 1. The SMILES string of the molecule is COc1cc(N)ccc1SCCn1ccccc1=O. The average Bonchev–Trinajstić information content (AvgIpc) is 2.42. The van der Waals surface area contributed by atoms with Crippen molar-refractivity contribution in [2.45, 2.75) is 11.4 Å². The van der Waals surface area contributed by atoms with Crippen LogP contribution in [0.5, 0.6) is 5.75 Å². The van der Waals surface area contributed by atoms with Gasteiger partial charge in [-0.25, -0.2) is 0 Å². The van der Waals surface area contributed by atoms with Crippen molar-refractivity contribution in [2.75, 3.05) is 18.6 Å². The van der Waals surface area contributed by atoms with E-state index in [9.17, 15) is 4.79 Å². The quantitative estimate of drug-likeness (QED) is 0.672. The van der Waals surface area contributed by atoms with Crippen LogP contribution in [-0.2, 0) is 6.54 Å². The number of nitrogens with two attached hydrogens (primary N) is 1. The molecule has 1 aromatic carbocycles. The van der Waals surface area contributed by atoms with Crippen LogP contribution in [0.25, 0.3) is 0 Å². The number of nitrogen functional groups attached to an aromatic ring is 1. The van der Waals surface area contributed by atoms with Gasteiger partial charge in [-0.2, -0.15) is 0 Å². The van der Waals surface area contributed by atoms with E-state index in [0.29, 0.717) is 12.2 Å². The Morgan fingerprint density at radius 2 is 2.16 bits per heavy atom.